The highest BCUT2D eigenvalue weighted by atomic mass is 35.5. The second-order valence-corrected chi connectivity index (χ2v) is 9.74. The van der Waals surface area contributed by atoms with Crippen molar-refractivity contribution in [2.75, 3.05) is 19.0 Å². The van der Waals surface area contributed by atoms with Gasteiger partial charge in [0.15, 0.2) is 0 Å². The SMILES string of the molecule is CNC(=O)[C@@H]1[C@H]2C(=O)N([C@@H](CO)C(C)C)C(C(=O)Nc3c(C)cccc3Cl)C23CC[C@H]1O3. The second kappa shape index (κ2) is 8.32. The second-order valence-electron chi connectivity index (χ2n) is 9.33. The molecule has 0 radical (unpaired) electrons. The van der Waals surface area contributed by atoms with Gasteiger partial charge in [0.05, 0.1) is 41.3 Å². The van der Waals surface area contributed by atoms with E-state index >= 15 is 0 Å². The van der Waals surface area contributed by atoms with Crippen molar-refractivity contribution in [2.24, 2.45) is 17.8 Å². The number of aliphatic hydroxyl groups excluding tert-OH is 1. The van der Waals surface area contributed by atoms with Crippen LogP contribution in [0.4, 0.5) is 5.69 Å². The van der Waals surface area contributed by atoms with Crippen LogP contribution in [0.3, 0.4) is 0 Å². The maximum Gasteiger partial charge on any atom is 0.250 e. The third kappa shape index (κ3) is 3.23. The van der Waals surface area contributed by atoms with E-state index in [0.717, 1.165) is 5.56 Å². The van der Waals surface area contributed by atoms with Crippen molar-refractivity contribution in [3.63, 3.8) is 0 Å². The monoisotopic (exact) mass is 463 g/mol. The molecule has 2 unspecified atom stereocenters. The topological polar surface area (TPSA) is 108 Å². The normalized spacial score (nSPS) is 31.7. The van der Waals surface area contributed by atoms with Gasteiger partial charge in [-0.05, 0) is 37.3 Å². The number of amides is 3. The number of aliphatic hydroxyl groups is 1. The molecular formula is C23H30ClN3O5. The van der Waals surface area contributed by atoms with Crippen LogP contribution in [0.5, 0.6) is 0 Å². The molecule has 1 spiro atoms. The molecule has 3 N–H and O–H groups in total. The Balaban J connectivity index is 1.79. The van der Waals surface area contributed by atoms with E-state index < -0.39 is 41.5 Å². The fraction of sp³-hybridized carbons (Fsp3) is 0.609. The first-order valence-electron chi connectivity index (χ1n) is 11.1. The number of carbonyl (C=O) groups is 3. The minimum Gasteiger partial charge on any atom is -0.394 e. The van der Waals surface area contributed by atoms with Crippen molar-refractivity contribution in [3.8, 4) is 0 Å². The van der Waals surface area contributed by atoms with Crippen LogP contribution in [0.2, 0.25) is 5.02 Å². The number of rotatable bonds is 6. The molecule has 1 aromatic rings. The molecule has 0 aliphatic carbocycles. The van der Waals surface area contributed by atoms with Crippen LogP contribution < -0.4 is 10.6 Å². The Morgan fingerprint density at radius 1 is 1.34 bits per heavy atom. The van der Waals surface area contributed by atoms with Gasteiger partial charge in [-0.1, -0.05) is 37.6 Å². The van der Waals surface area contributed by atoms with Gasteiger partial charge in [0, 0.05) is 7.05 Å². The Labute approximate surface area is 192 Å². The maximum absolute atomic E-state index is 13.8. The molecule has 2 bridgehead atoms. The Bertz CT molecular complexity index is 933. The summed E-state index contributed by atoms with van der Waals surface area (Å²) in [6.45, 7) is 5.32. The lowest BCUT2D eigenvalue weighted by atomic mass is 9.70. The lowest BCUT2D eigenvalue weighted by Gasteiger charge is -2.38. The fourth-order valence-electron chi connectivity index (χ4n) is 5.82. The molecule has 6 atom stereocenters. The van der Waals surface area contributed by atoms with Gasteiger partial charge in [0.2, 0.25) is 17.7 Å². The Kier molecular flexibility index (Phi) is 5.98. The Morgan fingerprint density at radius 2 is 2.06 bits per heavy atom. The molecule has 32 heavy (non-hydrogen) atoms. The summed E-state index contributed by atoms with van der Waals surface area (Å²) >= 11 is 6.34. The predicted octanol–water partition coefficient (Wildman–Crippen LogP) is 1.72. The number of fused-ring (bicyclic) bond motifs is 1. The summed E-state index contributed by atoms with van der Waals surface area (Å²) in [7, 11) is 1.53. The van der Waals surface area contributed by atoms with Gasteiger partial charge in [-0.25, -0.2) is 0 Å². The van der Waals surface area contributed by atoms with Crippen LogP contribution in [-0.4, -0.2) is 65.2 Å². The maximum atomic E-state index is 13.8. The van der Waals surface area contributed by atoms with E-state index in [4.69, 9.17) is 16.3 Å². The lowest BCUT2D eigenvalue weighted by molar-refractivity contribution is -0.145. The fourth-order valence-corrected chi connectivity index (χ4v) is 6.09. The van der Waals surface area contributed by atoms with Crippen LogP contribution in [0.15, 0.2) is 18.2 Å². The minimum atomic E-state index is -1.11. The summed E-state index contributed by atoms with van der Waals surface area (Å²) < 4.78 is 6.33. The Hall–Kier alpha value is -2.16. The van der Waals surface area contributed by atoms with Gasteiger partial charge in [-0.2, -0.15) is 0 Å². The number of aryl methyl sites for hydroxylation is 1. The van der Waals surface area contributed by atoms with Crippen LogP contribution in [0.25, 0.3) is 0 Å². The van der Waals surface area contributed by atoms with Crippen molar-refractivity contribution in [1.82, 2.24) is 10.2 Å². The first kappa shape index (κ1) is 23.0. The van der Waals surface area contributed by atoms with Gasteiger partial charge in [0.25, 0.3) is 0 Å². The molecule has 3 aliphatic rings. The first-order valence-corrected chi connectivity index (χ1v) is 11.4. The molecule has 3 heterocycles. The van der Waals surface area contributed by atoms with E-state index in [0.29, 0.717) is 23.6 Å². The van der Waals surface area contributed by atoms with Crippen LogP contribution in [0, 0.1) is 24.7 Å². The molecular weight excluding hydrogens is 434 g/mol. The van der Waals surface area contributed by atoms with E-state index in [1.807, 2.05) is 26.8 Å². The predicted molar refractivity (Wildman–Crippen MR) is 119 cm³/mol. The van der Waals surface area contributed by atoms with Crippen LogP contribution in [-0.2, 0) is 19.1 Å². The van der Waals surface area contributed by atoms with E-state index in [1.165, 1.54) is 11.9 Å². The highest BCUT2D eigenvalue weighted by molar-refractivity contribution is 6.34. The number of anilines is 1. The molecule has 4 rings (SSSR count). The number of ether oxygens (including phenoxy) is 1. The van der Waals surface area contributed by atoms with Crippen LogP contribution >= 0.6 is 11.6 Å². The summed E-state index contributed by atoms with van der Waals surface area (Å²) in [6, 6.07) is 3.76. The van der Waals surface area contributed by atoms with E-state index in [9.17, 15) is 19.5 Å². The molecule has 3 amide bonds. The van der Waals surface area contributed by atoms with Gasteiger partial charge in [-0.3, -0.25) is 14.4 Å². The average molecular weight is 464 g/mol. The number of nitrogens with one attached hydrogen (secondary N) is 2. The smallest absolute Gasteiger partial charge is 0.250 e. The zero-order valence-corrected chi connectivity index (χ0v) is 19.5. The van der Waals surface area contributed by atoms with Crippen LogP contribution in [0.1, 0.15) is 32.3 Å². The van der Waals surface area contributed by atoms with Gasteiger partial charge < -0.3 is 25.4 Å². The number of halogens is 1. The third-order valence-electron chi connectivity index (χ3n) is 7.32. The lowest BCUT2D eigenvalue weighted by Crippen LogP contribution is -2.57. The number of benzene rings is 1. The molecule has 0 saturated carbocycles. The molecule has 8 nitrogen and oxygen atoms in total. The van der Waals surface area contributed by atoms with Gasteiger partial charge in [0.1, 0.15) is 11.6 Å². The third-order valence-corrected chi connectivity index (χ3v) is 7.63. The molecule has 3 fully saturated rings. The molecule has 1 aromatic carbocycles. The average Bonchev–Trinajstić information content (AvgIpc) is 3.38. The van der Waals surface area contributed by atoms with Crippen molar-refractivity contribution in [3.05, 3.63) is 28.8 Å². The number of nitrogens with zero attached hydrogens (tertiary/aromatic N) is 1. The van der Waals surface area contributed by atoms with E-state index in [2.05, 4.69) is 10.6 Å². The standard InChI is InChI=1S/C23H30ClN3O5/c1-11(2)14(10-28)27-19(21(30)26-18-12(3)6-5-7-13(18)24)23-9-8-15(32-23)16(20(29)25-4)17(23)22(27)31/h5-7,11,14-17,19,28H,8-10H2,1-4H3,(H,25,29)(H,26,30)/t14-,15+,16-,17-,19?,23?/m0/s1. The zero-order valence-electron chi connectivity index (χ0n) is 18.7. The van der Waals surface area contributed by atoms with Gasteiger partial charge in [-0.15, -0.1) is 0 Å². The summed E-state index contributed by atoms with van der Waals surface area (Å²) in [6.07, 6.45) is 0.680. The number of hydrogen-bond acceptors (Lipinski definition) is 5. The summed E-state index contributed by atoms with van der Waals surface area (Å²) in [5.74, 6) is -2.53. The number of hydrogen-bond donors (Lipinski definition) is 3. The summed E-state index contributed by atoms with van der Waals surface area (Å²) in [5.41, 5.74) is 0.158. The first-order chi connectivity index (χ1) is 15.2. The quantitative estimate of drug-likeness (QED) is 0.595. The Morgan fingerprint density at radius 3 is 2.66 bits per heavy atom. The van der Waals surface area contributed by atoms with Gasteiger partial charge >= 0.3 is 0 Å². The van der Waals surface area contributed by atoms with Crippen molar-refractivity contribution in [2.45, 2.75) is 57.4 Å². The van der Waals surface area contributed by atoms with Crippen molar-refractivity contribution < 1.29 is 24.2 Å². The molecule has 0 aromatic heterocycles. The molecule has 3 saturated heterocycles. The summed E-state index contributed by atoms with van der Waals surface area (Å²) in [5, 5.41) is 16.1. The largest absolute Gasteiger partial charge is 0.394 e. The highest BCUT2D eigenvalue weighted by Gasteiger charge is 2.75. The van der Waals surface area contributed by atoms with Crippen molar-refractivity contribution in [1.29, 1.82) is 0 Å². The molecule has 3 aliphatic heterocycles. The van der Waals surface area contributed by atoms with E-state index in [-0.39, 0.29) is 24.3 Å². The summed E-state index contributed by atoms with van der Waals surface area (Å²) in [4.78, 5) is 41.7. The molecule has 9 heteroatoms. The number of likely N-dealkylation sites (tertiary alicyclic amines) is 1. The number of carbonyl (C=O) groups excluding carboxylic acids is 3. The highest BCUT2D eigenvalue weighted by Crippen LogP contribution is 2.59. The number of para-hydroxylation sites is 1. The van der Waals surface area contributed by atoms with Crippen molar-refractivity contribution >= 4 is 35.0 Å². The minimum absolute atomic E-state index is 0.104. The molecule has 174 valence electrons. The van der Waals surface area contributed by atoms with E-state index in [1.54, 1.807) is 12.1 Å². The zero-order chi connectivity index (χ0) is 23.4.